The summed E-state index contributed by atoms with van der Waals surface area (Å²) in [5, 5.41) is 5.81. The number of ether oxygens (including phenoxy) is 2. The van der Waals surface area contributed by atoms with E-state index in [4.69, 9.17) is 9.47 Å². The summed E-state index contributed by atoms with van der Waals surface area (Å²) in [7, 11) is 1.64. The van der Waals surface area contributed by atoms with Crippen molar-refractivity contribution >= 4 is 18.3 Å². The summed E-state index contributed by atoms with van der Waals surface area (Å²) in [5.41, 5.74) is 0. The van der Waals surface area contributed by atoms with E-state index in [1.807, 2.05) is 0 Å². The summed E-state index contributed by atoms with van der Waals surface area (Å²) in [6.45, 7) is 2.88. The molecule has 0 bridgehead atoms. The Hall–Kier alpha value is -0.360. The molecule has 1 amide bonds. The predicted molar refractivity (Wildman–Crippen MR) is 73.2 cm³/mol. The van der Waals surface area contributed by atoms with Crippen LogP contribution in [0.5, 0.6) is 0 Å². The van der Waals surface area contributed by atoms with Crippen molar-refractivity contribution in [2.75, 3.05) is 40.0 Å². The molecule has 108 valence electrons. The maximum absolute atomic E-state index is 11.3. The molecule has 1 fully saturated rings. The molecule has 1 rings (SSSR count). The lowest BCUT2D eigenvalue weighted by atomic mass is 10.3. The van der Waals surface area contributed by atoms with Gasteiger partial charge in [0.05, 0.1) is 25.9 Å². The molecular formula is C12H25ClN2O3. The van der Waals surface area contributed by atoms with Crippen LogP contribution in [0.2, 0.25) is 0 Å². The molecule has 0 unspecified atom stereocenters. The second-order valence-corrected chi connectivity index (χ2v) is 4.30. The van der Waals surface area contributed by atoms with Crippen molar-refractivity contribution in [2.24, 2.45) is 0 Å². The highest BCUT2D eigenvalue weighted by Gasteiger charge is 2.14. The molecule has 6 heteroatoms. The van der Waals surface area contributed by atoms with Gasteiger partial charge < -0.3 is 20.1 Å². The third-order valence-corrected chi connectivity index (χ3v) is 2.85. The van der Waals surface area contributed by atoms with Crippen LogP contribution in [0.25, 0.3) is 0 Å². The average molecular weight is 281 g/mol. The highest BCUT2D eigenvalue weighted by molar-refractivity contribution is 5.85. The Morgan fingerprint density at radius 1 is 1.22 bits per heavy atom. The molecule has 0 aromatic carbocycles. The van der Waals surface area contributed by atoms with Crippen LogP contribution in [0, 0.1) is 0 Å². The Bertz CT molecular complexity index is 211. The quantitative estimate of drug-likeness (QED) is 0.611. The SMILES string of the molecule is COCCNCC(=O)NCCOC1CCCC1.Cl. The standard InChI is InChI=1S/C12H24N2O3.ClH/c1-16-8-6-13-10-12(15)14-7-9-17-11-4-2-3-5-11;/h11,13H,2-10H2,1H3,(H,14,15);1H. The van der Waals surface area contributed by atoms with Gasteiger partial charge in [-0.3, -0.25) is 4.79 Å². The number of hydrogen-bond donors (Lipinski definition) is 2. The highest BCUT2D eigenvalue weighted by Crippen LogP contribution is 2.20. The van der Waals surface area contributed by atoms with Crippen molar-refractivity contribution < 1.29 is 14.3 Å². The Morgan fingerprint density at radius 3 is 2.61 bits per heavy atom. The summed E-state index contributed by atoms with van der Waals surface area (Å²) in [6.07, 6.45) is 5.33. The summed E-state index contributed by atoms with van der Waals surface area (Å²) >= 11 is 0. The maximum Gasteiger partial charge on any atom is 0.234 e. The molecule has 0 radical (unpaired) electrons. The van der Waals surface area contributed by atoms with Crippen LogP contribution < -0.4 is 10.6 Å². The number of amides is 1. The lowest BCUT2D eigenvalue weighted by Crippen LogP contribution is -2.37. The van der Waals surface area contributed by atoms with Crippen LogP contribution >= 0.6 is 12.4 Å². The van der Waals surface area contributed by atoms with E-state index in [1.165, 1.54) is 25.7 Å². The average Bonchev–Trinajstić information content (AvgIpc) is 2.83. The molecule has 0 aromatic rings. The van der Waals surface area contributed by atoms with E-state index in [9.17, 15) is 4.79 Å². The number of rotatable bonds is 9. The number of hydrogen-bond acceptors (Lipinski definition) is 4. The zero-order valence-corrected chi connectivity index (χ0v) is 11.9. The van der Waals surface area contributed by atoms with Crippen LogP contribution in [0.3, 0.4) is 0 Å². The normalized spacial score (nSPS) is 15.4. The minimum atomic E-state index is 0. The van der Waals surface area contributed by atoms with Gasteiger partial charge in [-0.2, -0.15) is 0 Å². The number of methoxy groups -OCH3 is 1. The summed E-state index contributed by atoms with van der Waals surface area (Å²) in [4.78, 5) is 11.3. The summed E-state index contributed by atoms with van der Waals surface area (Å²) in [6, 6.07) is 0. The fourth-order valence-corrected chi connectivity index (χ4v) is 1.91. The first-order valence-corrected chi connectivity index (χ1v) is 6.41. The monoisotopic (exact) mass is 280 g/mol. The zero-order valence-electron chi connectivity index (χ0n) is 11.1. The summed E-state index contributed by atoms with van der Waals surface area (Å²) < 4.78 is 10.5. The fraction of sp³-hybridized carbons (Fsp3) is 0.917. The molecular weight excluding hydrogens is 256 g/mol. The van der Waals surface area contributed by atoms with Crippen molar-refractivity contribution in [3.05, 3.63) is 0 Å². The van der Waals surface area contributed by atoms with E-state index in [0.29, 0.717) is 39.0 Å². The highest BCUT2D eigenvalue weighted by atomic mass is 35.5. The second kappa shape index (κ2) is 11.7. The van der Waals surface area contributed by atoms with Crippen LogP contribution in [-0.2, 0) is 14.3 Å². The smallest absolute Gasteiger partial charge is 0.234 e. The molecule has 0 aromatic heterocycles. The van der Waals surface area contributed by atoms with Crippen LogP contribution in [0.4, 0.5) is 0 Å². The summed E-state index contributed by atoms with van der Waals surface area (Å²) in [5.74, 6) is 0.0103. The molecule has 0 spiro atoms. The van der Waals surface area contributed by atoms with Gasteiger partial charge in [-0.15, -0.1) is 12.4 Å². The molecule has 1 aliphatic rings. The first-order valence-electron chi connectivity index (χ1n) is 6.41. The van der Waals surface area contributed by atoms with Gasteiger partial charge in [0.25, 0.3) is 0 Å². The van der Waals surface area contributed by atoms with Crippen LogP contribution in [0.15, 0.2) is 0 Å². The Morgan fingerprint density at radius 2 is 1.94 bits per heavy atom. The fourth-order valence-electron chi connectivity index (χ4n) is 1.91. The van der Waals surface area contributed by atoms with Crippen LogP contribution in [-0.4, -0.2) is 52.0 Å². The van der Waals surface area contributed by atoms with Gasteiger partial charge in [-0.05, 0) is 12.8 Å². The molecule has 0 heterocycles. The molecule has 1 aliphatic carbocycles. The van der Waals surface area contributed by atoms with Gasteiger partial charge >= 0.3 is 0 Å². The molecule has 0 atom stereocenters. The van der Waals surface area contributed by atoms with Gasteiger partial charge in [0.2, 0.25) is 5.91 Å². The number of carbonyl (C=O) groups is 1. The predicted octanol–water partition coefficient (Wildman–Crippen LogP) is 0.720. The molecule has 0 aliphatic heterocycles. The lowest BCUT2D eigenvalue weighted by Gasteiger charge is -2.11. The van der Waals surface area contributed by atoms with Crippen LogP contribution in [0.1, 0.15) is 25.7 Å². The number of carbonyl (C=O) groups excluding carboxylic acids is 1. The minimum absolute atomic E-state index is 0. The topological polar surface area (TPSA) is 59.6 Å². The number of nitrogens with one attached hydrogen (secondary N) is 2. The molecule has 2 N–H and O–H groups in total. The Kier molecular flexibility index (Phi) is 11.5. The second-order valence-electron chi connectivity index (χ2n) is 4.30. The van der Waals surface area contributed by atoms with E-state index < -0.39 is 0 Å². The first-order chi connectivity index (χ1) is 8.33. The number of halogens is 1. The van der Waals surface area contributed by atoms with E-state index in [2.05, 4.69) is 10.6 Å². The van der Waals surface area contributed by atoms with E-state index in [0.717, 1.165) is 0 Å². The van der Waals surface area contributed by atoms with Crippen molar-refractivity contribution in [1.29, 1.82) is 0 Å². The van der Waals surface area contributed by atoms with Gasteiger partial charge in [-0.25, -0.2) is 0 Å². The molecule has 0 saturated heterocycles. The van der Waals surface area contributed by atoms with Gasteiger partial charge in [0.15, 0.2) is 0 Å². The first kappa shape index (κ1) is 17.6. The van der Waals surface area contributed by atoms with Crippen molar-refractivity contribution in [3.8, 4) is 0 Å². The van der Waals surface area contributed by atoms with E-state index in [-0.39, 0.29) is 18.3 Å². The Labute approximate surface area is 115 Å². The minimum Gasteiger partial charge on any atom is -0.383 e. The van der Waals surface area contributed by atoms with Gasteiger partial charge in [-0.1, -0.05) is 12.8 Å². The van der Waals surface area contributed by atoms with E-state index >= 15 is 0 Å². The molecule has 18 heavy (non-hydrogen) atoms. The molecule has 1 saturated carbocycles. The van der Waals surface area contributed by atoms with Gasteiger partial charge in [0, 0.05) is 20.2 Å². The maximum atomic E-state index is 11.3. The third kappa shape index (κ3) is 8.69. The third-order valence-electron chi connectivity index (χ3n) is 2.85. The zero-order chi connectivity index (χ0) is 12.3. The Balaban J connectivity index is 0.00000289. The van der Waals surface area contributed by atoms with Crippen molar-refractivity contribution in [3.63, 3.8) is 0 Å². The van der Waals surface area contributed by atoms with E-state index in [1.54, 1.807) is 7.11 Å². The molecule has 5 nitrogen and oxygen atoms in total. The van der Waals surface area contributed by atoms with Crippen molar-refractivity contribution in [1.82, 2.24) is 10.6 Å². The lowest BCUT2D eigenvalue weighted by molar-refractivity contribution is -0.120. The van der Waals surface area contributed by atoms with Crippen molar-refractivity contribution in [2.45, 2.75) is 31.8 Å². The largest absolute Gasteiger partial charge is 0.383 e. The van der Waals surface area contributed by atoms with Gasteiger partial charge in [0.1, 0.15) is 0 Å².